The molecule has 0 bridgehead atoms. The van der Waals surface area contributed by atoms with Crippen LogP contribution in [0.25, 0.3) is 0 Å². The minimum atomic E-state index is 0.722. The van der Waals surface area contributed by atoms with Gasteiger partial charge in [0.25, 0.3) is 0 Å². The van der Waals surface area contributed by atoms with Gasteiger partial charge >= 0.3 is 0 Å². The van der Waals surface area contributed by atoms with Crippen molar-refractivity contribution in [3.63, 3.8) is 0 Å². The Bertz CT molecular complexity index is 80.1. The topological polar surface area (TPSA) is 12.4 Å². The van der Waals surface area contributed by atoms with Crippen LogP contribution >= 0.6 is 11.8 Å². The van der Waals surface area contributed by atoms with Gasteiger partial charge in [0.1, 0.15) is 0 Å². The third-order valence-electron chi connectivity index (χ3n) is 1.12. The van der Waals surface area contributed by atoms with Gasteiger partial charge in [0.05, 0.1) is 0 Å². The Kier molecular flexibility index (Phi) is 1.74. The van der Waals surface area contributed by atoms with Crippen LogP contribution in [0.5, 0.6) is 0 Å². The Hall–Kier alpha value is 0.0200. The van der Waals surface area contributed by atoms with Crippen LogP contribution in [0.4, 0.5) is 0 Å². The van der Waals surface area contributed by atoms with E-state index in [1.54, 1.807) is 0 Å². The van der Waals surface area contributed by atoms with E-state index < -0.39 is 0 Å². The molecule has 1 aliphatic rings. The molecule has 0 fully saturated rings. The van der Waals surface area contributed by atoms with Crippen molar-refractivity contribution in [2.45, 2.75) is 11.7 Å². The fourth-order valence-corrected chi connectivity index (χ4v) is 1.20. The third-order valence-corrected chi connectivity index (χ3v) is 2.08. The van der Waals surface area contributed by atoms with Crippen LogP contribution in [0.3, 0.4) is 0 Å². The van der Waals surface area contributed by atoms with Gasteiger partial charge in [-0.3, -0.25) is 4.99 Å². The van der Waals surface area contributed by atoms with Gasteiger partial charge in [-0.2, -0.15) is 11.8 Å². The molecule has 0 N–H and O–H groups in total. The van der Waals surface area contributed by atoms with Crippen LogP contribution in [0, 0.1) is 0 Å². The monoisotopic (exact) mass is 115 g/mol. The smallest absolute Gasteiger partial charge is 0.0411 e. The summed E-state index contributed by atoms with van der Waals surface area (Å²) in [5.41, 5.74) is 0. The van der Waals surface area contributed by atoms with Gasteiger partial charge in [0.2, 0.25) is 0 Å². The van der Waals surface area contributed by atoms with Crippen LogP contribution < -0.4 is 0 Å². The molecule has 0 radical (unpaired) electrons. The lowest BCUT2D eigenvalue weighted by atomic mass is 10.4. The molecule has 40 valence electrons. The number of thioether (sulfide) groups is 1. The number of nitrogens with zero attached hydrogens (tertiary/aromatic N) is 1. The Morgan fingerprint density at radius 3 is 3.00 bits per heavy atom. The van der Waals surface area contributed by atoms with Crippen molar-refractivity contribution in [3.05, 3.63) is 0 Å². The van der Waals surface area contributed by atoms with E-state index in [4.69, 9.17) is 0 Å². The molecule has 0 aromatic carbocycles. The molecule has 0 aliphatic carbocycles. The van der Waals surface area contributed by atoms with Crippen molar-refractivity contribution in [2.75, 3.05) is 12.8 Å². The minimum Gasteiger partial charge on any atom is -0.296 e. The number of hydrogen-bond donors (Lipinski definition) is 0. The lowest BCUT2D eigenvalue weighted by Crippen LogP contribution is -1.95. The molecule has 1 heterocycles. The summed E-state index contributed by atoms with van der Waals surface area (Å²) in [7, 11) is 0. The predicted octanol–water partition coefficient (Wildman–Crippen LogP) is 1.19. The van der Waals surface area contributed by atoms with Gasteiger partial charge in [-0.15, -0.1) is 0 Å². The molecular formula is C5H9NS. The van der Waals surface area contributed by atoms with E-state index in [2.05, 4.69) is 11.2 Å². The van der Waals surface area contributed by atoms with Gasteiger partial charge in [-0.05, 0) is 12.7 Å². The van der Waals surface area contributed by atoms with Crippen molar-refractivity contribution in [2.24, 2.45) is 4.99 Å². The highest BCUT2D eigenvalue weighted by Gasteiger charge is 2.05. The Morgan fingerprint density at radius 1 is 1.86 bits per heavy atom. The van der Waals surface area contributed by atoms with E-state index in [1.807, 2.05) is 18.0 Å². The molecule has 0 saturated heterocycles. The van der Waals surface area contributed by atoms with E-state index in [-0.39, 0.29) is 0 Å². The van der Waals surface area contributed by atoms with Crippen LogP contribution in [-0.4, -0.2) is 24.3 Å². The summed E-state index contributed by atoms with van der Waals surface area (Å²) in [5.74, 6) is 0. The lowest BCUT2D eigenvalue weighted by molar-refractivity contribution is 0.964. The molecule has 0 aromatic rings. The molecule has 1 unspecified atom stereocenters. The molecule has 0 amide bonds. The molecule has 0 spiro atoms. The second-order valence-electron chi connectivity index (χ2n) is 1.62. The molecule has 7 heavy (non-hydrogen) atoms. The highest BCUT2D eigenvalue weighted by molar-refractivity contribution is 7.99. The average Bonchev–Trinajstić information content (AvgIpc) is 2.14. The van der Waals surface area contributed by atoms with Crippen molar-refractivity contribution in [1.82, 2.24) is 0 Å². The van der Waals surface area contributed by atoms with Crippen LogP contribution in [-0.2, 0) is 0 Å². The van der Waals surface area contributed by atoms with Gasteiger partial charge in [0.15, 0.2) is 0 Å². The molecular weight excluding hydrogens is 106 g/mol. The van der Waals surface area contributed by atoms with Crippen molar-refractivity contribution < 1.29 is 0 Å². The van der Waals surface area contributed by atoms with Gasteiger partial charge in [-0.25, -0.2) is 0 Å². The molecule has 2 heteroatoms. The first-order valence-electron chi connectivity index (χ1n) is 2.46. The number of rotatable bonds is 1. The summed E-state index contributed by atoms with van der Waals surface area (Å²) in [6, 6.07) is 0. The average molecular weight is 115 g/mol. The van der Waals surface area contributed by atoms with Crippen molar-refractivity contribution in [1.29, 1.82) is 0 Å². The van der Waals surface area contributed by atoms with Crippen LogP contribution in [0.2, 0.25) is 0 Å². The lowest BCUT2D eigenvalue weighted by Gasteiger charge is -1.95. The Balaban J connectivity index is 2.28. The summed E-state index contributed by atoms with van der Waals surface area (Å²) in [6.07, 6.45) is 5.42. The summed E-state index contributed by atoms with van der Waals surface area (Å²) in [5, 5.41) is 0.722. The zero-order chi connectivity index (χ0) is 5.11. The molecule has 1 rings (SSSR count). The number of hydrogen-bond acceptors (Lipinski definition) is 2. The standard InChI is InChI=1S/C5H9NS/c1-7-5-2-3-6-4-5/h4-5H,2-3H2,1H3. The van der Waals surface area contributed by atoms with E-state index in [0.29, 0.717) is 0 Å². The second-order valence-corrected chi connectivity index (χ2v) is 2.69. The van der Waals surface area contributed by atoms with E-state index in [1.165, 1.54) is 6.42 Å². The summed E-state index contributed by atoms with van der Waals surface area (Å²) < 4.78 is 0. The summed E-state index contributed by atoms with van der Waals surface area (Å²) >= 11 is 1.88. The van der Waals surface area contributed by atoms with E-state index in [9.17, 15) is 0 Å². The number of aliphatic imine (C=N–C) groups is 1. The van der Waals surface area contributed by atoms with Crippen LogP contribution in [0.1, 0.15) is 6.42 Å². The molecule has 0 aromatic heterocycles. The fraction of sp³-hybridized carbons (Fsp3) is 0.800. The molecule has 1 nitrogen and oxygen atoms in total. The SMILES string of the molecule is CSC1C=NCC1. The van der Waals surface area contributed by atoms with E-state index >= 15 is 0 Å². The third kappa shape index (κ3) is 1.20. The summed E-state index contributed by atoms with van der Waals surface area (Å²) in [4.78, 5) is 4.09. The maximum Gasteiger partial charge on any atom is 0.0411 e. The first-order valence-corrected chi connectivity index (χ1v) is 3.75. The highest BCUT2D eigenvalue weighted by atomic mass is 32.2. The first kappa shape index (κ1) is 5.16. The zero-order valence-corrected chi connectivity index (χ0v) is 5.24. The quantitative estimate of drug-likeness (QED) is 0.500. The minimum absolute atomic E-state index is 0.722. The highest BCUT2D eigenvalue weighted by Crippen LogP contribution is 2.12. The molecule has 0 saturated carbocycles. The van der Waals surface area contributed by atoms with Crippen LogP contribution in [0.15, 0.2) is 4.99 Å². The normalized spacial score (nSPS) is 29.0. The predicted molar refractivity (Wildman–Crippen MR) is 35.3 cm³/mol. The fourth-order valence-electron chi connectivity index (χ4n) is 0.647. The Morgan fingerprint density at radius 2 is 2.71 bits per heavy atom. The Labute approximate surface area is 48.2 Å². The molecule has 1 aliphatic heterocycles. The zero-order valence-electron chi connectivity index (χ0n) is 4.42. The van der Waals surface area contributed by atoms with Gasteiger partial charge < -0.3 is 0 Å². The van der Waals surface area contributed by atoms with Crippen molar-refractivity contribution >= 4 is 18.0 Å². The second kappa shape index (κ2) is 2.36. The molecule has 1 atom stereocenters. The largest absolute Gasteiger partial charge is 0.296 e. The summed E-state index contributed by atoms with van der Waals surface area (Å²) in [6.45, 7) is 1.05. The maximum absolute atomic E-state index is 4.09. The maximum atomic E-state index is 4.09. The van der Waals surface area contributed by atoms with Gasteiger partial charge in [-0.1, -0.05) is 0 Å². The van der Waals surface area contributed by atoms with Gasteiger partial charge in [0, 0.05) is 18.0 Å². The van der Waals surface area contributed by atoms with E-state index in [0.717, 1.165) is 11.8 Å². The first-order chi connectivity index (χ1) is 3.43. The van der Waals surface area contributed by atoms with Crippen molar-refractivity contribution in [3.8, 4) is 0 Å².